The third kappa shape index (κ3) is 4.76. The summed E-state index contributed by atoms with van der Waals surface area (Å²) in [5.41, 5.74) is 2.96. The molecule has 0 aromatic heterocycles. The van der Waals surface area contributed by atoms with Gasteiger partial charge in [0.1, 0.15) is 5.75 Å². The molecule has 3 aromatic rings. The predicted octanol–water partition coefficient (Wildman–Crippen LogP) is 3.52. The molecule has 0 atom stereocenters. The van der Waals surface area contributed by atoms with Gasteiger partial charge in [-0.15, -0.1) is 0 Å². The van der Waals surface area contributed by atoms with Gasteiger partial charge in [-0.1, -0.05) is 48.5 Å². The fraction of sp³-hybridized carbons (Fsp3) is 0.130. The van der Waals surface area contributed by atoms with E-state index in [2.05, 4.69) is 10.6 Å². The normalized spacial score (nSPS) is 10.2. The van der Waals surface area contributed by atoms with Crippen molar-refractivity contribution < 1.29 is 14.3 Å². The summed E-state index contributed by atoms with van der Waals surface area (Å²) < 4.78 is 5.42. The fourth-order valence-electron chi connectivity index (χ4n) is 2.84. The van der Waals surface area contributed by atoms with Gasteiger partial charge < -0.3 is 15.4 Å². The minimum Gasteiger partial charge on any atom is -0.496 e. The van der Waals surface area contributed by atoms with Crippen LogP contribution in [-0.4, -0.2) is 32.0 Å². The Bertz CT molecular complexity index is 941. The van der Waals surface area contributed by atoms with Gasteiger partial charge >= 0.3 is 0 Å². The Hall–Kier alpha value is -3.60. The molecule has 0 saturated heterocycles. The smallest absolute Gasteiger partial charge is 0.251 e. The van der Waals surface area contributed by atoms with Gasteiger partial charge in [-0.25, -0.2) is 0 Å². The van der Waals surface area contributed by atoms with Crippen molar-refractivity contribution in [1.82, 2.24) is 10.6 Å². The summed E-state index contributed by atoms with van der Waals surface area (Å²) in [5, 5.41) is 5.62. The Labute approximate surface area is 164 Å². The van der Waals surface area contributed by atoms with Crippen LogP contribution in [0.4, 0.5) is 0 Å². The lowest BCUT2D eigenvalue weighted by molar-refractivity contribution is 0.0927. The molecule has 5 heteroatoms. The lowest BCUT2D eigenvalue weighted by atomic mass is 10.0. The maximum Gasteiger partial charge on any atom is 0.251 e. The molecule has 0 bridgehead atoms. The molecule has 5 nitrogen and oxygen atoms in total. The number of benzene rings is 3. The molecular formula is C23H22N2O3. The van der Waals surface area contributed by atoms with Crippen LogP contribution in [0, 0.1) is 0 Å². The van der Waals surface area contributed by atoms with E-state index in [0.717, 1.165) is 11.1 Å². The van der Waals surface area contributed by atoms with Crippen molar-refractivity contribution >= 4 is 11.8 Å². The van der Waals surface area contributed by atoms with Crippen molar-refractivity contribution in [3.05, 3.63) is 90.0 Å². The topological polar surface area (TPSA) is 67.4 Å². The first-order valence-corrected chi connectivity index (χ1v) is 9.04. The Balaban J connectivity index is 1.59. The molecule has 0 radical (unpaired) electrons. The molecule has 0 spiro atoms. The molecule has 0 aliphatic heterocycles. The quantitative estimate of drug-likeness (QED) is 0.622. The number of carbonyl (C=O) groups excluding carboxylic acids is 2. The van der Waals surface area contributed by atoms with Gasteiger partial charge in [0.2, 0.25) is 0 Å². The summed E-state index contributed by atoms with van der Waals surface area (Å²) in [7, 11) is 1.61. The maximum atomic E-state index is 12.5. The molecular weight excluding hydrogens is 352 g/mol. The van der Waals surface area contributed by atoms with E-state index in [1.54, 1.807) is 31.4 Å². The first-order chi connectivity index (χ1) is 13.7. The minimum absolute atomic E-state index is 0.161. The SMILES string of the molecule is COc1ccc(C(=O)NCCNC(=O)c2ccccc2)cc1-c1ccccc1. The van der Waals surface area contributed by atoms with Gasteiger partial charge in [-0.05, 0) is 35.9 Å². The third-order valence-corrected chi connectivity index (χ3v) is 4.28. The number of rotatable bonds is 7. The summed E-state index contributed by atoms with van der Waals surface area (Å²) in [6, 6.07) is 24.1. The van der Waals surface area contributed by atoms with Crippen LogP contribution in [0.15, 0.2) is 78.9 Å². The number of hydrogen-bond donors (Lipinski definition) is 2. The van der Waals surface area contributed by atoms with Crippen LogP contribution in [0.3, 0.4) is 0 Å². The monoisotopic (exact) mass is 374 g/mol. The molecule has 2 amide bonds. The highest BCUT2D eigenvalue weighted by atomic mass is 16.5. The second kappa shape index (κ2) is 9.37. The van der Waals surface area contributed by atoms with Crippen LogP contribution >= 0.6 is 0 Å². The Morgan fingerprint density at radius 3 is 1.93 bits per heavy atom. The summed E-state index contributed by atoms with van der Waals surface area (Å²) in [6.45, 7) is 0.686. The third-order valence-electron chi connectivity index (χ3n) is 4.28. The highest BCUT2D eigenvalue weighted by Gasteiger charge is 2.11. The fourth-order valence-corrected chi connectivity index (χ4v) is 2.84. The van der Waals surface area contributed by atoms with Crippen molar-refractivity contribution in [1.29, 1.82) is 0 Å². The van der Waals surface area contributed by atoms with Gasteiger partial charge in [0, 0.05) is 29.8 Å². The largest absolute Gasteiger partial charge is 0.496 e. The van der Waals surface area contributed by atoms with Gasteiger partial charge in [-0.3, -0.25) is 9.59 Å². The minimum atomic E-state index is -0.200. The second-order valence-electron chi connectivity index (χ2n) is 6.16. The molecule has 2 N–H and O–H groups in total. The number of nitrogens with one attached hydrogen (secondary N) is 2. The van der Waals surface area contributed by atoms with E-state index in [-0.39, 0.29) is 11.8 Å². The Morgan fingerprint density at radius 1 is 0.750 bits per heavy atom. The van der Waals surface area contributed by atoms with Crippen molar-refractivity contribution in [2.24, 2.45) is 0 Å². The summed E-state index contributed by atoms with van der Waals surface area (Å²) in [6.07, 6.45) is 0. The lowest BCUT2D eigenvalue weighted by Crippen LogP contribution is -2.34. The number of ether oxygens (including phenoxy) is 1. The summed E-state index contributed by atoms with van der Waals surface area (Å²) in [4.78, 5) is 24.5. The van der Waals surface area contributed by atoms with E-state index in [4.69, 9.17) is 4.74 Å². The number of methoxy groups -OCH3 is 1. The molecule has 0 aliphatic rings. The van der Waals surface area contributed by atoms with Gasteiger partial charge in [0.25, 0.3) is 11.8 Å². The average molecular weight is 374 g/mol. The van der Waals surface area contributed by atoms with E-state index in [9.17, 15) is 9.59 Å². The first-order valence-electron chi connectivity index (χ1n) is 9.04. The van der Waals surface area contributed by atoms with Crippen LogP contribution in [-0.2, 0) is 0 Å². The molecule has 142 valence electrons. The van der Waals surface area contributed by atoms with Crippen LogP contribution < -0.4 is 15.4 Å². The van der Waals surface area contributed by atoms with Crippen LogP contribution in [0.2, 0.25) is 0 Å². The molecule has 0 unspecified atom stereocenters. The Morgan fingerprint density at radius 2 is 1.32 bits per heavy atom. The zero-order valence-electron chi connectivity index (χ0n) is 15.6. The average Bonchev–Trinajstić information content (AvgIpc) is 2.77. The molecule has 3 aromatic carbocycles. The van der Waals surface area contributed by atoms with Gasteiger partial charge in [-0.2, -0.15) is 0 Å². The van der Waals surface area contributed by atoms with E-state index in [1.807, 2.05) is 54.6 Å². The van der Waals surface area contributed by atoms with Crippen LogP contribution in [0.25, 0.3) is 11.1 Å². The van der Waals surface area contributed by atoms with Gasteiger partial charge in [0.15, 0.2) is 0 Å². The van der Waals surface area contributed by atoms with Crippen LogP contribution in [0.5, 0.6) is 5.75 Å². The molecule has 28 heavy (non-hydrogen) atoms. The van der Waals surface area contributed by atoms with Crippen molar-refractivity contribution in [3.63, 3.8) is 0 Å². The Kier molecular flexibility index (Phi) is 6.41. The predicted molar refractivity (Wildman–Crippen MR) is 110 cm³/mol. The molecule has 0 heterocycles. The first kappa shape index (κ1) is 19.2. The number of hydrogen-bond acceptors (Lipinski definition) is 3. The standard InChI is InChI=1S/C23H22N2O3/c1-28-21-13-12-19(16-20(21)17-8-4-2-5-9-17)23(27)25-15-14-24-22(26)18-10-6-3-7-11-18/h2-13,16H,14-15H2,1H3,(H,24,26)(H,25,27). The summed E-state index contributed by atoms with van der Waals surface area (Å²) in [5.74, 6) is 0.345. The number of amides is 2. The highest BCUT2D eigenvalue weighted by Crippen LogP contribution is 2.30. The number of carbonyl (C=O) groups is 2. The molecule has 0 aliphatic carbocycles. The lowest BCUT2D eigenvalue weighted by Gasteiger charge is -2.12. The van der Waals surface area contributed by atoms with E-state index < -0.39 is 0 Å². The van der Waals surface area contributed by atoms with E-state index in [1.165, 1.54) is 0 Å². The van der Waals surface area contributed by atoms with Crippen molar-refractivity contribution in [2.45, 2.75) is 0 Å². The molecule has 0 fully saturated rings. The van der Waals surface area contributed by atoms with Crippen molar-refractivity contribution in [2.75, 3.05) is 20.2 Å². The van der Waals surface area contributed by atoms with E-state index in [0.29, 0.717) is 30.0 Å². The van der Waals surface area contributed by atoms with Crippen LogP contribution in [0.1, 0.15) is 20.7 Å². The zero-order chi connectivity index (χ0) is 19.8. The second-order valence-corrected chi connectivity index (χ2v) is 6.16. The highest BCUT2D eigenvalue weighted by molar-refractivity contribution is 5.96. The van der Waals surface area contributed by atoms with Crippen molar-refractivity contribution in [3.8, 4) is 16.9 Å². The maximum absolute atomic E-state index is 12.5. The molecule has 0 saturated carbocycles. The summed E-state index contributed by atoms with van der Waals surface area (Å²) >= 11 is 0. The zero-order valence-corrected chi connectivity index (χ0v) is 15.6. The molecule has 3 rings (SSSR count). The van der Waals surface area contributed by atoms with E-state index >= 15 is 0 Å². The van der Waals surface area contributed by atoms with Gasteiger partial charge in [0.05, 0.1) is 7.11 Å².